The Balaban J connectivity index is 2.21. The third-order valence-corrected chi connectivity index (χ3v) is 2.44. The number of nitrogens with zero attached hydrogens (tertiary/aromatic N) is 1. The highest BCUT2D eigenvalue weighted by atomic mass is 16.5. The van der Waals surface area contributed by atoms with Gasteiger partial charge in [0.25, 0.3) is 0 Å². The zero-order valence-electron chi connectivity index (χ0n) is 10.0. The normalized spacial score (nSPS) is 12.4. The summed E-state index contributed by atoms with van der Waals surface area (Å²) in [6.45, 7) is 4.49. The lowest BCUT2D eigenvalue weighted by Crippen LogP contribution is -2.02. The van der Waals surface area contributed by atoms with E-state index in [1.165, 1.54) is 0 Å². The van der Waals surface area contributed by atoms with Crippen molar-refractivity contribution in [1.82, 2.24) is 5.16 Å². The highest BCUT2D eigenvalue weighted by molar-refractivity contribution is 5.59. The molecule has 1 atom stereocenters. The van der Waals surface area contributed by atoms with Gasteiger partial charge in [-0.05, 0) is 38.1 Å². The zero-order chi connectivity index (χ0) is 12.3. The van der Waals surface area contributed by atoms with E-state index in [0.717, 1.165) is 17.0 Å². The quantitative estimate of drug-likeness (QED) is 0.880. The molecule has 90 valence electrons. The highest BCUT2D eigenvalue weighted by Crippen LogP contribution is 2.23. The average Bonchev–Trinajstić information content (AvgIpc) is 2.80. The van der Waals surface area contributed by atoms with Crippen LogP contribution in [0.4, 0.5) is 0 Å². The number of nitrogens with two attached hydrogens (primary N) is 1. The van der Waals surface area contributed by atoms with Crippen molar-refractivity contribution in [3.63, 3.8) is 0 Å². The second-order valence-corrected chi connectivity index (χ2v) is 3.86. The van der Waals surface area contributed by atoms with E-state index >= 15 is 0 Å². The summed E-state index contributed by atoms with van der Waals surface area (Å²) < 4.78 is 10.5. The minimum absolute atomic E-state index is 0.140. The lowest BCUT2D eigenvalue weighted by Gasteiger charge is -2.02. The molecule has 1 aromatic carbocycles. The molecule has 0 saturated carbocycles. The molecule has 1 aromatic heterocycles. The van der Waals surface area contributed by atoms with Crippen molar-refractivity contribution in [3.8, 4) is 17.0 Å². The number of rotatable bonds is 4. The SMILES string of the molecule is CCOc1ccc(-c2cc(C(C)N)on2)cc1. The molecule has 2 aromatic rings. The molecule has 0 bridgehead atoms. The van der Waals surface area contributed by atoms with E-state index in [1.807, 2.05) is 44.2 Å². The van der Waals surface area contributed by atoms with Crippen molar-refractivity contribution in [1.29, 1.82) is 0 Å². The van der Waals surface area contributed by atoms with Crippen LogP contribution in [0.5, 0.6) is 5.75 Å². The third kappa shape index (κ3) is 2.65. The molecule has 0 aliphatic rings. The van der Waals surface area contributed by atoms with E-state index in [1.54, 1.807) is 0 Å². The van der Waals surface area contributed by atoms with Crippen LogP contribution in [0.3, 0.4) is 0 Å². The van der Waals surface area contributed by atoms with Gasteiger partial charge in [-0.15, -0.1) is 0 Å². The summed E-state index contributed by atoms with van der Waals surface area (Å²) in [6.07, 6.45) is 0. The van der Waals surface area contributed by atoms with Gasteiger partial charge in [-0.1, -0.05) is 5.16 Å². The van der Waals surface area contributed by atoms with Gasteiger partial charge in [-0.2, -0.15) is 0 Å². The van der Waals surface area contributed by atoms with Crippen LogP contribution in [0.15, 0.2) is 34.9 Å². The van der Waals surface area contributed by atoms with Gasteiger partial charge in [0.2, 0.25) is 0 Å². The molecule has 0 aliphatic heterocycles. The first kappa shape index (κ1) is 11.7. The summed E-state index contributed by atoms with van der Waals surface area (Å²) >= 11 is 0. The van der Waals surface area contributed by atoms with Crippen LogP contribution < -0.4 is 10.5 Å². The molecule has 1 unspecified atom stereocenters. The fourth-order valence-electron chi connectivity index (χ4n) is 1.53. The fourth-order valence-corrected chi connectivity index (χ4v) is 1.53. The molecule has 0 saturated heterocycles. The van der Waals surface area contributed by atoms with Crippen LogP contribution >= 0.6 is 0 Å². The summed E-state index contributed by atoms with van der Waals surface area (Å²) in [5, 5.41) is 3.99. The number of hydrogen-bond acceptors (Lipinski definition) is 4. The Bertz CT molecular complexity index is 474. The maximum absolute atomic E-state index is 5.72. The predicted molar refractivity (Wildman–Crippen MR) is 65.7 cm³/mol. The molecule has 0 fully saturated rings. The van der Waals surface area contributed by atoms with Crippen LogP contribution in [0.25, 0.3) is 11.3 Å². The van der Waals surface area contributed by atoms with Gasteiger partial charge in [0, 0.05) is 11.6 Å². The molecule has 2 N–H and O–H groups in total. The fraction of sp³-hybridized carbons (Fsp3) is 0.308. The van der Waals surface area contributed by atoms with Crippen molar-refractivity contribution < 1.29 is 9.26 Å². The second kappa shape index (κ2) is 5.01. The third-order valence-electron chi connectivity index (χ3n) is 2.44. The number of benzene rings is 1. The Kier molecular flexibility index (Phi) is 3.44. The van der Waals surface area contributed by atoms with E-state index < -0.39 is 0 Å². The van der Waals surface area contributed by atoms with Gasteiger partial charge in [0.1, 0.15) is 11.4 Å². The molecule has 17 heavy (non-hydrogen) atoms. The first-order valence-corrected chi connectivity index (χ1v) is 5.66. The van der Waals surface area contributed by atoms with E-state index in [0.29, 0.717) is 12.4 Å². The average molecular weight is 232 g/mol. The summed E-state index contributed by atoms with van der Waals surface area (Å²) in [5.41, 5.74) is 7.50. The molecule has 0 aliphatic carbocycles. The van der Waals surface area contributed by atoms with E-state index in [4.69, 9.17) is 15.0 Å². The number of aromatic nitrogens is 1. The molecule has 1 heterocycles. The predicted octanol–water partition coefficient (Wildman–Crippen LogP) is 2.76. The van der Waals surface area contributed by atoms with Crippen molar-refractivity contribution in [2.24, 2.45) is 5.73 Å². The minimum Gasteiger partial charge on any atom is -0.494 e. The van der Waals surface area contributed by atoms with Gasteiger partial charge >= 0.3 is 0 Å². The maximum Gasteiger partial charge on any atom is 0.153 e. The summed E-state index contributed by atoms with van der Waals surface area (Å²) in [4.78, 5) is 0. The molecule has 4 heteroatoms. The molecule has 2 rings (SSSR count). The van der Waals surface area contributed by atoms with Crippen molar-refractivity contribution in [2.75, 3.05) is 6.61 Å². The van der Waals surface area contributed by atoms with E-state index in [-0.39, 0.29) is 6.04 Å². The number of ether oxygens (including phenoxy) is 1. The van der Waals surface area contributed by atoms with Crippen molar-refractivity contribution in [2.45, 2.75) is 19.9 Å². The van der Waals surface area contributed by atoms with Gasteiger partial charge in [-0.25, -0.2) is 0 Å². The van der Waals surface area contributed by atoms with Crippen molar-refractivity contribution in [3.05, 3.63) is 36.1 Å². The molecule has 0 spiro atoms. The van der Waals surface area contributed by atoms with Crippen LogP contribution in [-0.4, -0.2) is 11.8 Å². The van der Waals surface area contributed by atoms with Gasteiger partial charge in [-0.3, -0.25) is 0 Å². The zero-order valence-corrected chi connectivity index (χ0v) is 10.0. The topological polar surface area (TPSA) is 61.3 Å². The van der Waals surface area contributed by atoms with Gasteiger partial charge in [0.05, 0.1) is 12.6 Å². The van der Waals surface area contributed by atoms with Crippen molar-refractivity contribution >= 4 is 0 Å². The molecule has 4 nitrogen and oxygen atoms in total. The molecule has 0 radical (unpaired) electrons. The minimum atomic E-state index is -0.140. The Morgan fingerprint density at radius 1 is 1.35 bits per heavy atom. The summed E-state index contributed by atoms with van der Waals surface area (Å²) in [7, 11) is 0. The Hall–Kier alpha value is -1.81. The lowest BCUT2D eigenvalue weighted by molar-refractivity contribution is 0.340. The molecular weight excluding hydrogens is 216 g/mol. The lowest BCUT2D eigenvalue weighted by atomic mass is 10.1. The van der Waals surface area contributed by atoms with Crippen LogP contribution in [0, 0.1) is 0 Å². The maximum atomic E-state index is 5.72. The van der Waals surface area contributed by atoms with Crippen LogP contribution in [-0.2, 0) is 0 Å². The molecular formula is C13H16N2O2. The Morgan fingerprint density at radius 2 is 2.06 bits per heavy atom. The smallest absolute Gasteiger partial charge is 0.153 e. The number of hydrogen-bond donors (Lipinski definition) is 1. The van der Waals surface area contributed by atoms with Crippen LogP contribution in [0.1, 0.15) is 25.6 Å². The first-order valence-electron chi connectivity index (χ1n) is 5.66. The van der Waals surface area contributed by atoms with E-state index in [9.17, 15) is 0 Å². The largest absolute Gasteiger partial charge is 0.494 e. The van der Waals surface area contributed by atoms with E-state index in [2.05, 4.69) is 5.16 Å². The van der Waals surface area contributed by atoms with Gasteiger partial charge in [0.15, 0.2) is 5.76 Å². The molecule has 0 amide bonds. The summed E-state index contributed by atoms with van der Waals surface area (Å²) in [6, 6.07) is 9.46. The van der Waals surface area contributed by atoms with Crippen LogP contribution in [0.2, 0.25) is 0 Å². The van der Waals surface area contributed by atoms with Gasteiger partial charge < -0.3 is 15.0 Å². The summed E-state index contributed by atoms with van der Waals surface area (Å²) in [5.74, 6) is 1.54. The second-order valence-electron chi connectivity index (χ2n) is 3.86. The standard InChI is InChI=1S/C13H16N2O2/c1-3-16-11-6-4-10(5-7-11)12-8-13(9(2)14)17-15-12/h4-9H,3,14H2,1-2H3. The first-order chi connectivity index (χ1) is 8.20. The monoisotopic (exact) mass is 232 g/mol. The Labute approximate surface area is 100 Å². The highest BCUT2D eigenvalue weighted by Gasteiger charge is 2.09. The Morgan fingerprint density at radius 3 is 2.59 bits per heavy atom.